The van der Waals surface area contributed by atoms with Crippen molar-refractivity contribution < 1.29 is 22.7 Å². The number of ether oxygens (including phenoxy) is 1. The maximum absolute atomic E-state index is 13.8. The minimum Gasteiger partial charge on any atom is -0.480 e. The van der Waals surface area contributed by atoms with E-state index in [1.54, 1.807) is 0 Å². The van der Waals surface area contributed by atoms with Crippen LogP contribution in [0.5, 0.6) is 5.88 Å². The minimum atomic E-state index is -4.82. The molecule has 1 aromatic carbocycles. The molecular weight excluding hydrogens is 387 g/mol. The fourth-order valence-corrected chi connectivity index (χ4v) is 3.44. The van der Waals surface area contributed by atoms with E-state index in [1.165, 1.54) is 19.2 Å². The van der Waals surface area contributed by atoms with Crippen LogP contribution in [0.15, 0.2) is 42.6 Å². The molecule has 0 aliphatic heterocycles. The Morgan fingerprint density at radius 2 is 2.00 bits per heavy atom. The summed E-state index contributed by atoms with van der Waals surface area (Å²) in [6.45, 7) is 0. The maximum Gasteiger partial charge on any atom is 0.434 e. The first-order valence-electron chi connectivity index (χ1n) is 8.80. The molecular formula is C19H16F3N5O2. The molecule has 1 N–H and O–H groups in total. The molecule has 7 nitrogen and oxygen atoms in total. The van der Waals surface area contributed by atoms with Crippen molar-refractivity contribution in [1.29, 1.82) is 0 Å². The molecule has 1 aliphatic rings. The van der Waals surface area contributed by atoms with Gasteiger partial charge in [0.1, 0.15) is 0 Å². The van der Waals surface area contributed by atoms with Gasteiger partial charge in [0, 0.05) is 6.07 Å². The van der Waals surface area contributed by atoms with Gasteiger partial charge in [-0.25, -0.2) is 4.68 Å². The topological polar surface area (TPSA) is 81.9 Å². The van der Waals surface area contributed by atoms with E-state index < -0.39 is 23.3 Å². The van der Waals surface area contributed by atoms with Gasteiger partial charge in [0.15, 0.2) is 11.5 Å². The van der Waals surface area contributed by atoms with Crippen LogP contribution >= 0.6 is 0 Å². The number of fused-ring (bicyclic) bond motifs is 1. The molecule has 0 bridgehead atoms. The Morgan fingerprint density at radius 3 is 2.69 bits per heavy atom. The molecule has 29 heavy (non-hydrogen) atoms. The number of methoxy groups -OCH3 is 1. The van der Waals surface area contributed by atoms with Gasteiger partial charge in [-0.3, -0.25) is 4.79 Å². The molecule has 0 radical (unpaired) electrons. The highest BCUT2D eigenvalue weighted by molar-refractivity contribution is 5.95. The molecule has 0 saturated heterocycles. The van der Waals surface area contributed by atoms with E-state index in [2.05, 4.69) is 20.6 Å². The Morgan fingerprint density at radius 1 is 1.21 bits per heavy atom. The third-order valence-corrected chi connectivity index (χ3v) is 4.77. The third kappa shape index (κ3) is 3.53. The maximum atomic E-state index is 13.8. The van der Waals surface area contributed by atoms with E-state index in [0.29, 0.717) is 11.1 Å². The summed E-state index contributed by atoms with van der Waals surface area (Å²) in [5.74, 6) is -0.873. The van der Waals surface area contributed by atoms with Crippen molar-refractivity contribution in [3.63, 3.8) is 0 Å². The van der Waals surface area contributed by atoms with E-state index >= 15 is 0 Å². The first kappa shape index (κ1) is 18.9. The highest BCUT2D eigenvalue weighted by Crippen LogP contribution is 2.35. The van der Waals surface area contributed by atoms with Crippen LogP contribution in [0.25, 0.3) is 5.82 Å². The van der Waals surface area contributed by atoms with Gasteiger partial charge in [-0.05, 0) is 30.0 Å². The summed E-state index contributed by atoms with van der Waals surface area (Å²) in [4.78, 5) is 12.7. The summed E-state index contributed by atoms with van der Waals surface area (Å²) >= 11 is 0. The molecule has 150 valence electrons. The highest BCUT2D eigenvalue weighted by atomic mass is 19.4. The van der Waals surface area contributed by atoms with Crippen LogP contribution < -0.4 is 10.1 Å². The third-order valence-electron chi connectivity index (χ3n) is 4.77. The monoisotopic (exact) mass is 403 g/mol. The zero-order valence-electron chi connectivity index (χ0n) is 15.3. The quantitative estimate of drug-likeness (QED) is 0.724. The van der Waals surface area contributed by atoms with Crippen molar-refractivity contribution in [3.8, 4) is 11.7 Å². The number of amides is 1. The Kier molecular flexibility index (Phi) is 4.69. The second-order valence-electron chi connectivity index (χ2n) is 6.51. The number of aryl methyl sites for hydroxylation is 1. The Bertz CT molecular complexity index is 1050. The molecule has 2 aromatic heterocycles. The Hall–Kier alpha value is -3.43. The van der Waals surface area contributed by atoms with Crippen molar-refractivity contribution in [2.24, 2.45) is 0 Å². The number of hydrogen-bond acceptors (Lipinski definition) is 5. The molecule has 3 aromatic rings. The molecule has 0 fully saturated rings. The van der Waals surface area contributed by atoms with E-state index in [4.69, 9.17) is 4.74 Å². The summed E-state index contributed by atoms with van der Waals surface area (Å²) < 4.78 is 46.7. The molecule has 10 heteroatoms. The number of nitrogens with one attached hydrogen (secondary N) is 1. The molecule has 2 heterocycles. The largest absolute Gasteiger partial charge is 0.480 e. The van der Waals surface area contributed by atoms with Gasteiger partial charge in [-0.1, -0.05) is 24.3 Å². The van der Waals surface area contributed by atoms with E-state index in [-0.39, 0.29) is 17.7 Å². The van der Waals surface area contributed by atoms with Gasteiger partial charge >= 0.3 is 6.18 Å². The van der Waals surface area contributed by atoms with Crippen LogP contribution in [0.4, 0.5) is 13.2 Å². The van der Waals surface area contributed by atoms with Crippen LogP contribution in [-0.2, 0) is 12.6 Å². The standard InChI is InChI=1S/C19H16F3N5O2/c1-29-16-9-8-15(25-26-16)27-17(19(20,21)22)13(10-23-27)18(28)24-14-7-6-11-4-2-3-5-12(11)14/h2-5,8-10,14H,6-7H2,1H3,(H,24,28). The SMILES string of the molecule is COc1ccc(-n2ncc(C(=O)NC3CCc4ccccc43)c2C(F)(F)F)nn1. The highest BCUT2D eigenvalue weighted by Gasteiger charge is 2.41. The number of nitrogens with zero attached hydrogens (tertiary/aromatic N) is 4. The number of halogens is 3. The van der Waals surface area contributed by atoms with E-state index in [0.717, 1.165) is 23.7 Å². The Labute approximate surface area is 163 Å². The second-order valence-corrected chi connectivity index (χ2v) is 6.51. The molecule has 1 amide bonds. The van der Waals surface area contributed by atoms with Gasteiger partial charge in [0.05, 0.1) is 24.9 Å². The zero-order chi connectivity index (χ0) is 20.6. The van der Waals surface area contributed by atoms with Crippen LogP contribution in [0.3, 0.4) is 0 Å². The van der Waals surface area contributed by atoms with Crippen molar-refractivity contribution >= 4 is 5.91 Å². The molecule has 4 rings (SSSR count). The lowest BCUT2D eigenvalue weighted by Crippen LogP contribution is -2.29. The van der Waals surface area contributed by atoms with Gasteiger partial charge in [0.2, 0.25) is 5.88 Å². The molecule has 1 unspecified atom stereocenters. The van der Waals surface area contributed by atoms with Crippen molar-refractivity contribution in [2.45, 2.75) is 25.1 Å². The Balaban J connectivity index is 1.67. The average Bonchev–Trinajstić information content (AvgIpc) is 3.33. The molecule has 0 saturated carbocycles. The number of benzene rings is 1. The molecule has 1 atom stereocenters. The first-order valence-corrected chi connectivity index (χ1v) is 8.80. The molecule has 0 spiro atoms. The van der Waals surface area contributed by atoms with Gasteiger partial charge in [-0.2, -0.15) is 18.3 Å². The summed E-state index contributed by atoms with van der Waals surface area (Å²) in [6, 6.07) is 9.85. The average molecular weight is 403 g/mol. The van der Waals surface area contributed by atoms with E-state index in [1.807, 2.05) is 24.3 Å². The number of carbonyl (C=O) groups excluding carboxylic acids is 1. The number of carbonyl (C=O) groups is 1. The van der Waals surface area contributed by atoms with Crippen molar-refractivity contribution in [3.05, 3.63) is 65.0 Å². The fraction of sp³-hybridized carbons (Fsp3) is 0.263. The number of rotatable bonds is 4. The molecule has 1 aliphatic carbocycles. The summed E-state index contributed by atoms with van der Waals surface area (Å²) in [5, 5.41) is 13.8. The summed E-state index contributed by atoms with van der Waals surface area (Å²) in [6.07, 6.45) is -2.54. The number of alkyl halides is 3. The lowest BCUT2D eigenvalue weighted by Gasteiger charge is -2.16. The van der Waals surface area contributed by atoms with Gasteiger partial charge in [-0.15, -0.1) is 10.2 Å². The fourth-order valence-electron chi connectivity index (χ4n) is 3.44. The van der Waals surface area contributed by atoms with Crippen LogP contribution in [-0.4, -0.2) is 33.0 Å². The predicted octanol–water partition coefficient (Wildman–Crippen LogP) is 3.11. The van der Waals surface area contributed by atoms with Gasteiger partial charge in [0.25, 0.3) is 5.91 Å². The zero-order valence-corrected chi connectivity index (χ0v) is 15.3. The van der Waals surface area contributed by atoms with Crippen molar-refractivity contribution in [1.82, 2.24) is 25.3 Å². The second kappa shape index (κ2) is 7.19. The van der Waals surface area contributed by atoms with Crippen LogP contribution in [0.2, 0.25) is 0 Å². The van der Waals surface area contributed by atoms with E-state index in [9.17, 15) is 18.0 Å². The smallest absolute Gasteiger partial charge is 0.434 e. The lowest BCUT2D eigenvalue weighted by molar-refractivity contribution is -0.143. The lowest BCUT2D eigenvalue weighted by atomic mass is 10.1. The number of aromatic nitrogens is 4. The predicted molar refractivity (Wildman–Crippen MR) is 95.7 cm³/mol. The first-order chi connectivity index (χ1) is 13.9. The van der Waals surface area contributed by atoms with Gasteiger partial charge < -0.3 is 10.1 Å². The summed E-state index contributed by atoms with van der Waals surface area (Å²) in [7, 11) is 1.36. The van der Waals surface area contributed by atoms with Crippen molar-refractivity contribution in [2.75, 3.05) is 7.11 Å². The summed E-state index contributed by atoms with van der Waals surface area (Å²) in [5.41, 5.74) is 0.223. The number of hydrogen-bond donors (Lipinski definition) is 1. The minimum absolute atomic E-state index is 0.146. The van der Waals surface area contributed by atoms with Crippen LogP contribution in [0, 0.1) is 0 Å². The normalized spacial score (nSPS) is 15.8. The van der Waals surface area contributed by atoms with Crippen LogP contribution in [0.1, 0.15) is 39.6 Å².